The summed E-state index contributed by atoms with van der Waals surface area (Å²) in [5, 5.41) is 8.04. The van der Waals surface area contributed by atoms with E-state index in [-0.39, 0.29) is 12.0 Å². The predicted molar refractivity (Wildman–Crippen MR) is 107 cm³/mol. The van der Waals surface area contributed by atoms with Gasteiger partial charge in [-0.05, 0) is 31.0 Å². The number of rotatable bonds is 4. The summed E-state index contributed by atoms with van der Waals surface area (Å²) >= 11 is 0. The van der Waals surface area contributed by atoms with E-state index in [4.69, 9.17) is 4.74 Å². The van der Waals surface area contributed by atoms with Crippen LogP contribution in [0, 0.1) is 0 Å². The summed E-state index contributed by atoms with van der Waals surface area (Å²) in [6.45, 7) is 3.28. The molecule has 2 aliphatic heterocycles. The average Bonchev–Trinajstić information content (AvgIpc) is 3.48. The van der Waals surface area contributed by atoms with E-state index in [9.17, 15) is 4.79 Å². The third kappa shape index (κ3) is 3.06. The van der Waals surface area contributed by atoms with Crippen LogP contribution in [-0.4, -0.2) is 58.3 Å². The number of amides is 1. The molecule has 2 saturated heterocycles. The van der Waals surface area contributed by atoms with Crippen molar-refractivity contribution in [2.75, 3.05) is 31.1 Å². The number of ether oxygens (including phenoxy) is 1. The molecule has 0 bridgehead atoms. The van der Waals surface area contributed by atoms with Crippen molar-refractivity contribution in [3.05, 3.63) is 48.3 Å². The zero-order chi connectivity index (χ0) is 18.9. The number of carbonyl (C=O) groups excluding carboxylic acids is 1. The normalized spacial score (nSPS) is 19.5. The summed E-state index contributed by atoms with van der Waals surface area (Å²) < 4.78 is 6.28. The predicted octanol–water partition coefficient (Wildman–Crippen LogP) is 2.85. The van der Waals surface area contributed by atoms with E-state index in [2.05, 4.69) is 20.1 Å². The molecule has 1 aromatic carbocycles. The maximum atomic E-state index is 13.0. The van der Waals surface area contributed by atoms with Gasteiger partial charge in [-0.1, -0.05) is 18.2 Å². The van der Waals surface area contributed by atoms with Gasteiger partial charge in [0.25, 0.3) is 5.91 Å². The lowest BCUT2D eigenvalue weighted by molar-refractivity contribution is 0.0768. The number of aromatic nitrogens is 3. The molecule has 4 heterocycles. The van der Waals surface area contributed by atoms with Crippen LogP contribution in [0.3, 0.4) is 0 Å². The number of benzene rings is 1. The molecule has 1 amide bonds. The maximum absolute atomic E-state index is 13.0. The molecule has 0 aliphatic carbocycles. The molecule has 2 aromatic heterocycles. The van der Waals surface area contributed by atoms with Gasteiger partial charge in [0.15, 0.2) is 17.3 Å². The Balaban J connectivity index is 1.30. The molecular formula is C21H23N5O2. The van der Waals surface area contributed by atoms with Gasteiger partial charge in [0.1, 0.15) is 6.10 Å². The summed E-state index contributed by atoms with van der Waals surface area (Å²) in [6, 6.07) is 11.6. The van der Waals surface area contributed by atoms with Crippen LogP contribution in [0.4, 0.5) is 5.82 Å². The van der Waals surface area contributed by atoms with E-state index in [0.29, 0.717) is 18.8 Å². The quantitative estimate of drug-likeness (QED) is 0.757. The molecule has 2 aliphatic rings. The Labute approximate surface area is 163 Å². The Bertz CT molecular complexity index is 995. The van der Waals surface area contributed by atoms with E-state index in [0.717, 1.165) is 42.0 Å². The van der Waals surface area contributed by atoms with Crippen LogP contribution >= 0.6 is 0 Å². The lowest BCUT2D eigenvalue weighted by Crippen LogP contribution is -2.31. The second kappa shape index (κ2) is 7.14. The number of para-hydroxylation sites is 1. The Morgan fingerprint density at radius 3 is 2.86 bits per heavy atom. The summed E-state index contributed by atoms with van der Waals surface area (Å²) in [4.78, 5) is 21.6. The topological polar surface area (TPSA) is 74.3 Å². The number of fused-ring (bicyclic) bond motifs is 1. The number of hydrogen-bond donors (Lipinski definition) is 1. The highest BCUT2D eigenvalue weighted by Gasteiger charge is 2.31. The third-order valence-electron chi connectivity index (χ3n) is 5.56. The first-order valence-electron chi connectivity index (χ1n) is 9.88. The fourth-order valence-electron chi connectivity index (χ4n) is 4.11. The summed E-state index contributed by atoms with van der Waals surface area (Å²) in [5.41, 5.74) is 1.36. The molecule has 3 aromatic rings. The van der Waals surface area contributed by atoms with Crippen molar-refractivity contribution in [3.8, 4) is 5.75 Å². The van der Waals surface area contributed by atoms with Crippen molar-refractivity contribution in [1.29, 1.82) is 0 Å². The zero-order valence-corrected chi connectivity index (χ0v) is 15.7. The highest BCUT2D eigenvalue weighted by atomic mass is 16.5. The number of pyridine rings is 1. The first-order chi connectivity index (χ1) is 13.8. The van der Waals surface area contributed by atoms with Crippen molar-refractivity contribution >= 4 is 22.6 Å². The summed E-state index contributed by atoms with van der Waals surface area (Å²) in [7, 11) is 0. The van der Waals surface area contributed by atoms with Gasteiger partial charge in [0.05, 0.1) is 12.1 Å². The van der Waals surface area contributed by atoms with Gasteiger partial charge in [-0.15, -0.1) is 0 Å². The molecule has 28 heavy (non-hydrogen) atoms. The van der Waals surface area contributed by atoms with E-state index in [1.54, 1.807) is 0 Å². The van der Waals surface area contributed by atoms with Gasteiger partial charge < -0.3 is 14.5 Å². The summed E-state index contributed by atoms with van der Waals surface area (Å²) in [6.07, 6.45) is 4.98. The molecule has 2 fully saturated rings. The molecule has 7 nitrogen and oxygen atoms in total. The minimum absolute atomic E-state index is 0.0280. The Morgan fingerprint density at radius 2 is 1.96 bits per heavy atom. The highest BCUT2D eigenvalue weighted by Crippen LogP contribution is 2.30. The molecule has 1 N–H and O–H groups in total. The fourth-order valence-corrected chi connectivity index (χ4v) is 4.11. The molecule has 1 atom stereocenters. The zero-order valence-electron chi connectivity index (χ0n) is 15.7. The average molecular weight is 377 g/mol. The van der Waals surface area contributed by atoms with Crippen LogP contribution in [0.25, 0.3) is 10.9 Å². The number of nitrogens with zero attached hydrogens (tertiary/aromatic N) is 4. The van der Waals surface area contributed by atoms with Crippen molar-refractivity contribution in [2.24, 2.45) is 0 Å². The van der Waals surface area contributed by atoms with Crippen LogP contribution in [0.5, 0.6) is 5.75 Å². The number of nitrogens with one attached hydrogen (secondary N) is 1. The van der Waals surface area contributed by atoms with Gasteiger partial charge in [-0.2, -0.15) is 5.10 Å². The second-order valence-electron chi connectivity index (χ2n) is 7.42. The Kier molecular flexibility index (Phi) is 4.35. The van der Waals surface area contributed by atoms with Crippen LogP contribution in [-0.2, 0) is 0 Å². The van der Waals surface area contributed by atoms with Crippen molar-refractivity contribution in [2.45, 2.75) is 25.4 Å². The fraction of sp³-hybridized carbons (Fsp3) is 0.381. The van der Waals surface area contributed by atoms with Crippen LogP contribution in [0.15, 0.2) is 42.6 Å². The third-order valence-corrected chi connectivity index (χ3v) is 5.56. The molecule has 0 radical (unpaired) electrons. The molecule has 0 unspecified atom stereocenters. The van der Waals surface area contributed by atoms with Gasteiger partial charge >= 0.3 is 0 Å². The first kappa shape index (κ1) is 17.0. The number of H-pyrrole nitrogens is 1. The number of hydrogen-bond acceptors (Lipinski definition) is 5. The van der Waals surface area contributed by atoms with Crippen LogP contribution < -0.4 is 9.64 Å². The van der Waals surface area contributed by atoms with Gasteiger partial charge in [-0.3, -0.25) is 9.89 Å². The molecule has 5 rings (SSSR count). The SMILES string of the molecule is O=C(c1n[nH]c2ccccc12)N1CC[C@@H](Oc2cccnc2N2CCCC2)C1. The second-order valence-corrected chi connectivity index (χ2v) is 7.42. The number of aromatic amines is 1. The number of anilines is 1. The van der Waals surface area contributed by atoms with Crippen LogP contribution in [0.2, 0.25) is 0 Å². The molecule has 144 valence electrons. The highest BCUT2D eigenvalue weighted by molar-refractivity contribution is 6.04. The maximum Gasteiger partial charge on any atom is 0.275 e. The summed E-state index contributed by atoms with van der Waals surface area (Å²) in [5.74, 6) is 1.69. The van der Waals surface area contributed by atoms with Gasteiger partial charge in [-0.25, -0.2) is 4.98 Å². The monoisotopic (exact) mass is 377 g/mol. The van der Waals surface area contributed by atoms with Crippen molar-refractivity contribution in [3.63, 3.8) is 0 Å². The Morgan fingerprint density at radius 1 is 1.11 bits per heavy atom. The van der Waals surface area contributed by atoms with E-state index < -0.39 is 0 Å². The number of likely N-dealkylation sites (tertiary alicyclic amines) is 1. The first-order valence-corrected chi connectivity index (χ1v) is 9.88. The lowest BCUT2D eigenvalue weighted by Gasteiger charge is -2.22. The smallest absolute Gasteiger partial charge is 0.275 e. The molecular weight excluding hydrogens is 354 g/mol. The van der Waals surface area contributed by atoms with E-state index in [1.165, 1.54) is 12.8 Å². The van der Waals surface area contributed by atoms with Gasteiger partial charge in [0, 0.05) is 37.6 Å². The molecule has 7 heteroatoms. The van der Waals surface area contributed by atoms with Crippen molar-refractivity contribution in [1.82, 2.24) is 20.1 Å². The van der Waals surface area contributed by atoms with Gasteiger partial charge in [0.2, 0.25) is 0 Å². The van der Waals surface area contributed by atoms with E-state index in [1.807, 2.05) is 47.5 Å². The standard InChI is InChI=1S/C21H23N5O2/c27-21(19-16-6-1-2-7-17(16)23-24-19)26-13-9-15(14-26)28-18-8-5-10-22-20(18)25-11-3-4-12-25/h1-2,5-8,10,15H,3-4,9,11-14H2,(H,23,24)/t15-/m1/s1. The minimum Gasteiger partial charge on any atom is -0.485 e. The lowest BCUT2D eigenvalue weighted by atomic mass is 10.2. The Hall–Kier alpha value is -3.09. The van der Waals surface area contributed by atoms with Crippen molar-refractivity contribution < 1.29 is 9.53 Å². The largest absolute Gasteiger partial charge is 0.485 e. The minimum atomic E-state index is -0.0468. The number of carbonyl (C=O) groups is 1. The molecule has 0 spiro atoms. The van der Waals surface area contributed by atoms with E-state index >= 15 is 0 Å². The molecule has 0 saturated carbocycles. The van der Waals surface area contributed by atoms with Crippen LogP contribution in [0.1, 0.15) is 29.8 Å².